The highest BCUT2D eigenvalue weighted by atomic mass is 19.3. The first-order chi connectivity index (χ1) is 10.7. The molecule has 0 spiro atoms. The number of anilines is 1. The lowest BCUT2D eigenvalue weighted by Gasteiger charge is -2.26. The number of hydrogen-bond donors (Lipinski definition) is 4. The lowest BCUT2D eigenvalue weighted by molar-refractivity contribution is -0.197. The predicted molar refractivity (Wildman–Crippen MR) is 71.5 cm³/mol. The van der Waals surface area contributed by atoms with Gasteiger partial charge in [-0.1, -0.05) is 6.08 Å². The zero-order chi connectivity index (χ0) is 16.8. The van der Waals surface area contributed by atoms with Crippen molar-refractivity contribution in [3.63, 3.8) is 0 Å². The number of H-pyrrole nitrogens is 1. The van der Waals surface area contributed by atoms with E-state index >= 15 is 0 Å². The summed E-state index contributed by atoms with van der Waals surface area (Å²) in [6.07, 6.45) is -1.98. The summed E-state index contributed by atoms with van der Waals surface area (Å²) in [5.74, 6) is -4.17. The van der Waals surface area contributed by atoms with E-state index in [9.17, 15) is 23.8 Å². The maximum atomic E-state index is 14.6. The number of imidazole rings is 1. The molecule has 3 heterocycles. The van der Waals surface area contributed by atoms with E-state index in [0.717, 1.165) is 17.0 Å². The van der Waals surface area contributed by atoms with E-state index in [4.69, 9.17) is 10.5 Å². The first kappa shape index (κ1) is 14.2. The predicted octanol–water partition coefficient (Wildman–Crippen LogP) is -1.10. The summed E-state index contributed by atoms with van der Waals surface area (Å²) < 4.78 is 35.2. The Kier molecular flexibility index (Phi) is 2.32. The summed E-state index contributed by atoms with van der Waals surface area (Å²) in [6.45, 7) is 3.33. The fourth-order valence-electron chi connectivity index (χ4n) is 3.14. The highest BCUT2D eigenvalue weighted by molar-refractivity contribution is 5.70. The molecule has 1 aliphatic carbocycles. The van der Waals surface area contributed by atoms with Gasteiger partial charge in [-0.05, 0) is 0 Å². The van der Waals surface area contributed by atoms with Crippen LogP contribution in [0.15, 0.2) is 23.8 Å². The number of nitrogens with one attached hydrogen (secondary N) is 1. The van der Waals surface area contributed by atoms with Crippen molar-refractivity contribution < 1.29 is 23.7 Å². The molecule has 4 unspecified atom stereocenters. The van der Waals surface area contributed by atoms with E-state index in [2.05, 4.69) is 21.5 Å². The molecule has 1 saturated heterocycles. The SMILES string of the molecule is C=CC12OC(n3cnc4c(=O)[nH]c(N)nc43)C(F)(F)C1(O)C2O. The third-order valence-corrected chi connectivity index (χ3v) is 4.45. The van der Waals surface area contributed by atoms with Crippen molar-refractivity contribution in [2.24, 2.45) is 0 Å². The summed E-state index contributed by atoms with van der Waals surface area (Å²) >= 11 is 0. The maximum absolute atomic E-state index is 14.6. The van der Waals surface area contributed by atoms with Crippen LogP contribution in [0, 0.1) is 0 Å². The minimum atomic E-state index is -3.88. The number of fused-ring (bicyclic) bond motifs is 2. The molecule has 0 bridgehead atoms. The minimum absolute atomic E-state index is 0.209. The Morgan fingerprint density at radius 3 is 2.87 bits per heavy atom. The van der Waals surface area contributed by atoms with Crippen LogP contribution < -0.4 is 11.3 Å². The van der Waals surface area contributed by atoms with Crippen molar-refractivity contribution in [2.45, 2.75) is 29.5 Å². The first-order valence-electron chi connectivity index (χ1n) is 6.52. The quantitative estimate of drug-likeness (QED) is 0.513. The minimum Gasteiger partial charge on any atom is -0.386 e. The van der Waals surface area contributed by atoms with Crippen LogP contribution in [-0.4, -0.2) is 53.0 Å². The maximum Gasteiger partial charge on any atom is 0.326 e. The molecule has 2 aromatic heterocycles. The normalized spacial score (nSPS) is 37.7. The number of aromatic nitrogens is 4. The van der Waals surface area contributed by atoms with Crippen LogP contribution in [0.1, 0.15) is 6.23 Å². The molecule has 0 radical (unpaired) electrons. The second-order valence-corrected chi connectivity index (χ2v) is 5.53. The van der Waals surface area contributed by atoms with E-state index in [0.29, 0.717) is 0 Å². The van der Waals surface area contributed by atoms with Gasteiger partial charge in [0.15, 0.2) is 22.4 Å². The van der Waals surface area contributed by atoms with Crippen LogP contribution in [0.2, 0.25) is 0 Å². The largest absolute Gasteiger partial charge is 0.386 e. The molecule has 23 heavy (non-hydrogen) atoms. The number of aliphatic hydroxyl groups is 2. The molecule has 122 valence electrons. The van der Waals surface area contributed by atoms with Crippen molar-refractivity contribution in [2.75, 3.05) is 5.73 Å². The summed E-state index contributed by atoms with van der Waals surface area (Å²) in [6, 6.07) is 0. The molecule has 2 aliphatic rings. The van der Waals surface area contributed by atoms with Gasteiger partial charge in [0.05, 0.1) is 6.33 Å². The Labute approximate surface area is 126 Å². The Balaban J connectivity index is 1.91. The van der Waals surface area contributed by atoms with Gasteiger partial charge in [-0.3, -0.25) is 14.3 Å². The van der Waals surface area contributed by atoms with Crippen molar-refractivity contribution in [1.29, 1.82) is 0 Å². The molecule has 1 aliphatic heterocycles. The standard InChI is InChI=1S/C12H11F2N5O4/c1-2-10-7(21)11(10,22)12(13,14)8(23-10)19-3-16-4-5(19)17-9(15)18-6(4)20/h2-3,7-8,21-22H,1H2,(H3,15,17,18,20). The molecule has 2 fully saturated rings. The third kappa shape index (κ3) is 1.30. The number of aromatic amines is 1. The van der Waals surface area contributed by atoms with Gasteiger partial charge in [0, 0.05) is 0 Å². The van der Waals surface area contributed by atoms with Crippen LogP contribution in [-0.2, 0) is 4.74 Å². The van der Waals surface area contributed by atoms with Crippen molar-refractivity contribution in [1.82, 2.24) is 19.5 Å². The highest BCUT2D eigenvalue weighted by Crippen LogP contribution is 2.69. The number of nitrogens with two attached hydrogens (primary N) is 1. The molecule has 4 atom stereocenters. The van der Waals surface area contributed by atoms with Crippen molar-refractivity contribution in [3.05, 3.63) is 29.3 Å². The van der Waals surface area contributed by atoms with Gasteiger partial charge in [0.1, 0.15) is 6.10 Å². The summed E-state index contributed by atoms with van der Waals surface area (Å²) in [5.41, 5.74) is -0.527. The van der Waals surface area contributed by atoms with Crippen LogP contribution in [0.25, 0.3) is 11.2 Å². The Morgan fingerprint density at radius 2 is 2.26 bits per heavy atom. The van der Waals surface area contributed by atoms with Crippen LogP contribution >= 0.6 is 0 Å². The topological polar surface area (TPSA) is 139 Å². The first-order valence-corrected chi connectivity index (χ1v) is 6.52. The zero-order valence-corrected chi connectivity index (χ0v) is 11.4. The van der Waals surface area contributed by atoms with Crippen LogP contribution in [0.5, 0.6) is 0 Å². The Morgan fingerprint density at radius 1 is 1.57 bits per heavy atom. The monoisotopic (exact) mass is 327 g/mol. The Bertz CT molecular complexity index is 910. The number of rotatable bonds is 2. The van der Waals surface area contributed by atoms with Gasteiger partial charge >= 0.3 is 5.92 Å². The van der Waals surface area contributed by atoms with Gasteiger partial charge in [-0.2, -0.15) is 13.8 Å². The lowest BCUT2D eigenvalue weighted by Crippen LogP contribution is -2.43. The molecule has 0 amide bonds. The molecule has 11 heteroatoms. The van der Waals surface area contributed by atoms with Crippen molar-refractivity contribution in [3.8, 4) is 0 Å². The number of halogens is 2. The van der Waals surface area contributed by atoms with Gasteiger partial charge in [-0.25, -0.2) is 4.98 Å². The molecular weight excluding hydrogens is 316 g/mol. The van der Waals surface area contributed by atoms with E-state index < -0.39 is 35.0 Å². The van der Waals surface area contributed by atoms with Crippen LogP contribution in [0.4, 0.5) is 14.7 Å². The molecule has 0 aromatic carbocycles. The summed E-state index contributed by atoms with van der Waals surface area (Å²) in [5, 5.41) is 19.8. The number of ether oxygens (including phenoxy) is 1. The summed E-state index contributed by atoms with van der Waals surface area (Å²) in [7, 11) is 0. The number of nitrogens with zero attached hydrogens (tertiary/aromatic N) is 3. The second kappa shape index (κ2) is 3.75. The molecule has 2 aromatic rings. The van der Waals surface area contributed by atoms with Crippen LogP contribution in [0.3, 0.4) is 0 Å². The average molecular weight is 327 g/mol. The van der Waals surface area contributed by atoms with Crippen molar-refractivity contribution >= 4 is 17.1 Å². The molecule has 1 saturated carbocycles. The van der Waals surface area contributed by atoms with E-state index in [1.807, 2.05) is 0 Å². The van der Waals surface area contributed by atoms with E-state index in [1.165, 1.54) is 0 Å². The van der Waals surface area contributed by atoms with E-state index in [1.54, 1.807) is 0 Å². The third-order valence-electron chi connectivity index (χ3n) is 4.45. The second-order valence-electron chi connectivity index (χ2n) is 5.53. The van der Waals surface area contributed by atoms with E-state index in [-0.39, 0.29) is 17.1 Å². The number of aliphatic hydroxyl groups excluding tert-OH is 1. The van der Waals surface area contributed by atoms with Gasteiger partial charge in [0.2, 0.25) is 12.2 Å². The lowest BCUT2D eigenvalue weighted by atomic mass is 10.1. The molecular formula is C12H11F2N5O4. The number of nitrogen functional groups attached to an aromatic ring is 1. The summed E-state index contributed by atoms with van der Waals surface area (Å²) in [4.78, 5) is 21.4. The fraction of sp³-hybridized carbons (Fsp3) is 0.417. The molecule has 5 N–H and O–H groups in total. The number of hydrogen-bond acceptors (Lipinski definition) is 7. The highest BCUT2D eigenvalue weighted by Gasteiger charge is 2.94. The Hall–Kier alpha value is -2.37. The average Bonchev–Trinajstić information content (AvgIpc) is 2.77. The number of alkyl halides is 2. The molecule has 4 rings (SSSR count). The van der Waals surface area contributed by atoms with Gasteiger partial charge in [0.25, 0.3) is 5.56 Å². The zero-order valence-electron chi connectivity index (χ0n) is 11.4. The fourth-order valence-corrected chi connectivity index (χ4v) is 3.14. The van der Waals surface area contributed by atoms with Gasteiger partial charge in [-0.15, -0.1) is 6.58 Å². The van der Waals surface area contributed by atoms with Gasteiger partial charge < -0.3 is 20.7 Å². The smallest absolute Gasteiger partial charge is 0.326 e. The molecule has 9 nitrogen and oxygen atoms in total.